The zero-order chi connectivity index (χ0) is 22.2. The van der Waals surface area contributed by atoms with Gasteiger partial charge in [0.1, 0.15) is 23.6 Å². The van der Waals surface area contributed by atoms with Crippen molar-refractivity contribution in [1.29, 1.82) is 0 Å². The first-order valence-corrected chi connectivity index (χ1v) is 10.4. The Balaban J connectivity index is 0.00000306. The Morgan fingerprint density at radius 1 is 1.00 bits per heavy atom. The molecule has 0 saturated heterocycles. The van der Waals surface area contributed by atoms with Crippen LogP contribution in [0.3, 0.4) is 0 Å². The van der Waals surface area contributed by atoms with E-state index in [-0.39, 0.29) is 35.7 Å². The number of carbonyl (C=O) groups is 1. The number of aromatic nitrogens is 1. The van der Waals surface area contributed by atoms with E-state index in [2.05, 4.69) is 10.3 Å². The molecule has 4 aromatic rings. The molecule has 4 rings (SSSR count). The molecule has 1 atom stereocenters. The third-order valence-electron chi connectivity index (χ3n) is 4.77. The summed E-state index contributed by atoms with van der Waals surface area (Å²) in [6, 6.07) is 24.5. The molecule has 3 aromatic carbocycles. The Bertz CT molecular complexity index is 1130. The van der Waals surface area contributed by atoms with Gasteiger partial charge in [0, 0.05) is 13.0 Å². The molecular formula is C25H23N2NaO5. The number of ether oxygens (including phenoxy) is 2. The monoisotopic (exact) mass is 454 g/mol. The summed E-state index contributed by atoms with van der Waals surface area (Å²) in [5, 5.41) is 13.9. The topological polar surface area (TPSA) is 96.7 Å². The number of fused-ring (bicyclic) bond motifs is 1. The maximum absolute atomic E-state index is 10.6. The van der Waals surface area contributed by atoms with Crippen molar-refractivity contribution >= 4 is 17.1 Å². The van der Waals surface area contributed by atoms with E-state index in [9.17, 15) is 9.90 Å². The number of hydrogen-bond acceptors (Lipinski definition) is 7. The van der Waals surface area contributed by atoms with Crippen molar-refractivity contribution < 1.29 is 53.3 Å². The minimum Gasteiger partial charge on any atom is -0.546 e. The quantitative estimate of drug-likeness (QED) is 0.257. The van der Waals surface area contributed by atoms with E-state index in [1.54, 1.807) is 12.1 Å². The number of nitrogens with zero attached hydrogens (tertiary/aromatic N) is 1. The number of hydrogen-bond donors (Lipinski definition) is 1. The second-order valence-electron chi connectivity index (χ2n) is 7.21. The minimum absolute atomic E-state index is 0. The molecule has 1 heterocycles. The molecule has 0 aliphatic carbocycles. The largest absolute Gasteiger partial charge is 1.00 e. The van der Waals surface area contributed by atoms with Gasteiger partial charge in [0.2, 0.25) is 5.89 Å². The van der Waals surface area contributed by atoms with Crippen LogP contribution in [0.25, 0.3) is 11.1 Å². The van der Waals surface area contributed by atoms with Crippen LogP contribution in [0.15, 0.2) is 83.3 Å². The molecule has 164 valence electrons. The summed E-state index contributed by atoms with van der Waals surface area (Å²) in [4.78, 5) is 15.2. The molecule has 0 fully saturated rings. The normalized spacial score (nSPS) is 11.5. The fraction of sp³-hybridized carbons (Fsp3) is 0.200. The van der Waals surface area contributed by atoms with Gasteiger partial charge in [-0.15, -0.1) is 0 Å². The van der Waals surface area contributed by atoms with Gasteiger partial charge in [-0.2, -0.15) is 0 Å². The maximum Gasteiger partial charge on any atom is 1.00 e. The van der Waals surface area contributed by atoms with Crippen LogP contribution >= 0.6 is 0 Å². The van der Waals surface area contributed by atoms with E-state index in [1.807, 2.05) is 66.7 Å². The Morgan fingerprint density at radius 2 is 1.76 bits per heavy atom. The summed E-state index contributed by atoms with van der Waals surface area (Å²) < 4.78 is 17.3. The van der Waals surface area contributed by atoms with Gasteiger partial charge in [-0.1, -0.05) is 42.5 Å². The molecule has 8 heteroatoms. The van der Waals surface area contributed by atoms with E-state index < -0.39 is 12.6 Å². The summed E-state index contributed by atoms with van der Waals surface area (Å²) in [5.41, 5.74) is 2.50. The van der Waals surface area contributed by atoms with Gasteiger partial charge in [0.05, 0.1) is 5.97 Å². The van der Waals surface area contributed by atoms with Gasteiger partial charge in [0.25, 0.3) is 0 Å². The van der Waals surface area contributed by atoms with Crippen LogP contribution in [0, 0.1) is 0 Å². The maximum atomic E-state index is 10.6. The first-order chi connectivity index (χ1) is 15.7. The molecule has 0 aliphatic heterocycles. The molecule has 1 aromatic heterocycles. The van der Waals surface area contributed by atoms with Crippen molar-refractivity contribution in [2.24, 2.45) is 0 Å². The average molecular weight is 454 g/mol. The van der Waals surface area contributed by atoms with Gasteiger partial charge in [-0.05, 0) is 48.5 Å². The Hall–Kier alpha value is -2.84. The number of carboxylic acids is 1. The first kappa shape index (κ1) is 24.8. The van der Waals surface area contributed by atoms with Crippen molar-refractivity contribution in [2.45, 2.75) is 19.1 Å². The van der Waals surface area contributed by atoms with Crippen LogP contribution in [-0.4, -0.2) is 24.1 Å². The molecule has 0 aliphatic rings. The van der Waals surface area contributed by atoms with Crippen LogP contribution in [0.4, 0.5) is 0 Å². The van der Waals surface area contributed by atoms with E-state index >= 15 is 0 Å². The van der Waals surface area contributed by atoms with Gasteiger partial charge in [-0.3, -0.25) is 0 Å². The Kier molecular flexibility index (Phi) is 9.33. The summed E-state index contributed by atoms with van der Waals surface area (Å²) >= 11 is 0. The second kappa shape index (κ2) is 12.4. The number of benzene rings is 3. The van der Waals surface area contributed by atoms with E-state index in [0.717, 1.165) is 22.4 Å². The Morgan fingerprint density at radius 3 is 2.55 bits per heavy atom. The van der Waals surface area contributed by atoms with Crippen LogP contribution in [0.1, 0.15) is 24.0 Å². The van der Waals surface area contributed by atoms with Crippen molar-refractivity contribution in [3.63, 3.8) is 0 Å². The molecule has 0 radical (unpaired) electrons. The number of carbonyl (C=O) groups excluding carboxylic acids is 1. The predicted octanol–water partition coefficient (Wildman–Crippen LogP) is 0.260. The zero-order valence-electron chi connectivity index (χ0n) is 18.4. The molecule has 0 amide bonds. The third-order valence-corrected chi connectivity index (χ3v) is 4.77. The van der Waals surface area contributed by atoms with Crippen molar-refractivity contribution in [3.8, 4) is 11.5 Å². The standard InChI is InChI=1S/C25H24N2O5.Na/c28-24(29)17-30-20-10-6-7-18(15-20)16-26-14-13-23(31-19-8-2-1-3-9-19)25-27-21-11-4-5-12-22(21)32-25;/h1-12,15,23,26H,13-14,16-17H2,(H,28,29);/q;+1/p-1. The Labute approximate surface area is 214 Å². The summed E-state index contributed by atoms with van der Waals surface area (Å²) in [7, 11) is 0. The SMILES string of the molecule is O=C([O-])COc1cccc(CNCCC(Oc2ccccc2)c2nc3ccccc3o2)c1.[Na+]. The van der Waals surface area contributed by atoms with Crippen molar-refractivity contribution in [3.05, 3.63) is 90.3 Å². The van der Waals surface area contributed by atoms with E-state index in [4.69, 9.17) is 13.9 Å². The number of rotatable bonds is 11. The first-order valence-electron chi connectivity index (χ1n) is 10.4. The second-order valence-corrected chi connectivity index (χ2v) is 7.21. The third kappa shape index (κ3) is 7.33. The van der Waals surface area contributed by atoms with Gasteiger partial charge in [0.15, 0.2) is 11.7 Å². The summed E-state index contributed by atoms with van der Waals surface area (Å²) in [6.07, 6.45) is 0.290. The molecule has 1 N–H and O–H groups in total. The summed E-state index contributed by atoms with van der Waals surface area (Å²) in [5.74, 6) is 0.523. The number of para-hydroxylation sites is 3. The van der Waals surface area contributed by atoms with Gasteiger partial charge >= 0.3 is 29.6 Å². The fourth-order valence-electron chi connectivity index (χ4n) is 3.28. The van der Waals surface area contributed by atoms with Crippen LogP contribution in [0.5, 0.6) is 11.5 Å². The molecule has 33 heavy (non-hydrogen) atoms. The molecular weight excluding hydrogens is 431 g/mol. The van der Waals surface area contributed by atoms with Crippen LogP contribution in [-0.2, 0) is 11.3 Å². The van der Waals surface area contributed by atoms with Crippen LogP contribution in [0.2, 0.25) is 0 Å². The van der Waals surface area contributed by atoms with Crippen LogP contribution < -0.4 is 49.5 Å². The number of oxazole rings is 1. The minimum atomic E-state index is -1.25. The molecule has 0 spiro atoms. The molecule has 0 saturated carbocycles. The predicted molar refractivity (Wildman–Crippen MR) is 117 cm³/mol. The number of aliphatic carboxylic acids is 1. The van der Waals surface area contributed by atoms with Crippen molar-refractivity contribution in [2.75, 3.05) is 13.2 Å². The smallest absolute Gasteiger partial charge is 0.546 e. The molecule has 7 nitrogen and oxygen atoms in total. The summed E-state index contributed by atoms with van der Waals surface area (Å²) in [6.45, 7) is 0.772. The van der Waals surface area contributed by atoms with Gasteiger partial charge < -0.3 is 29.1 Å². The zero-order valence-corrected chi connectivity index (χ0v) is 20.4. The molecule has 1 unspecified atom stereocenters. The number of carboxylic acid groups (broad SMARTS) is 1. The number of nitrogens with one attached hydrogen (secondary N) is 1. The van der Waals surface area contributed by atoms with E-state index in [0.29, 0.717) is 31.2 Å². The van der Waals surface area contributed by atoms with E-state index in [1.165, 1.54) is 0 Å². The van der Waals surface area contributed by atoms with Gasteiger partial charge in [-0.25, -0.2) is 4.98 Å². The van der Waals surface area contributed by atoms with Crippen molar-refractivity contribution in [1.82, 2.24) is 10.3 Å². The molecule has 0 bridgehead atoms. The average Bonchev–Trinajstić information content (AvgIpc) is 3.25. The fourth-order valence-corrected chi connectivity index (χ4v) is 3.28.